The van der Waals surface area contributed by atoms with Crippen LogP contribution in [-0.4, -0.2) is 48.6 Å². The number of carboxylic acids is 1. The van der Waals surface area contributed by atoms with Crippen LogP contribution in [-0.2, 0) is 9.53 Å². The minimum absolute atomic E-state index is 0.299. The molecule has 0 aromatic rings. The van der Waals surface area contributed by atoms with Crippen LogP contribution in [0.1, 0.15) is 26.2 Å². The van der Waals surface area contributed by atoms with Gasteiger partial charge in [0.1, 0.15) is 0 Å². The summed E-state index contributed by atoms with van der Waals surface area (Å²) in [6.45, 7) is 3.39. The molecule has 0 spiro atoms. The lowest BCUT2D eigenvalue weighted by molar-refractivity contribution is -0.139. The minimum atomic E-state index is -0.811. The summed E-state index contributed by atoms with van der Waals surface area (Å²) in [6.07, 6.45) is 4.27. The first kappa shape index (κ1) is 13.0. The summed E-state index contributed by atoms with van der Waals surface area (Å²) in [5, 5.41) is 15.1. The third kappa shape index (κ3) is 3.48. The van der Waals surface area contributed by atoms with Crippen LogP contribution in [0, 0.1) is 5.92 Å². The molecule has 5 heteroatoms. The minimum Gasteiger partial charge on any atom is -0.481 e. The van der Waals surface area contributed by atoms with Gasteiger partial charge in [-0.1, -0.05) is 6.92 Å². The lowest BCUT2D eigenvalue weighted by Crippen LogP contribution is -2.29. The number of ether oxygens (including phenoxy) is 1. The first-order chi connectivity index (χ1) is 7.69. The number of methoxy groups -OCH3 is 1. The third-order valence-corrected chi connectivity index (χ3v) is 2.86. The standard InChI is InChI=1S/C11H20N2O3/c1-3-9(11(14)15)7-12-13-6-4-5-10(13)8-16-2/h7,9-10H,3-6,8H2,1-2H3,(H,14,15)/b12-7+/t9?,10-/m0/s1. The molecule has 16 heavy (non-hydrogen) atoms. The van der Waals surface area contributed by atoms with Crippen molar-refractivity contribution in [1.29, 1.82) is 0 Å². The molecule has 0 aliphatic carbocycles. The van der Waals surface area contributed by atoms with E-state index in [1.807, 2.05) is 11.9 Å². The van der Waals surface area contributed by atoms with Gasteiger partial charge in [-0.2, -0.15) is 5.10 Å². The van der Waals surface area contributed by atoms with Crippen molar-refractivity contribution in [1.82, 2.24) is 5.01 Å². The Kier molecular flexibility index (Phi) is 5.25. The molecule has 5 nitrogen and oxygen atoms in total. The van der Waals surface area contributed by atoms with Gasteiger partial charge < -0.3 is 9.84 Å². The molecule has 0 bridgehead atoms. The van der Waals surface area contributed by atoms with E-state index in [0.29, 0.717) is 19.1 Å². The fraction of sp³-hybridized carbons (Fsp3) is 0.818. The van der Waals surface area contributed by atoms with Crippen LogP contribution in [0.2, 0.25) is 0 Å². The van der Waals surface area contributed by atoms with Gasteiger partial charge in [-0.15, -0.1) is 0 Å². The van der Waals surface area contributed by atoms with E-state index in [-0.39, 0.29) is 0 Å². The van der Waals surface area contributed by atoms with Crippen LogP contribution in [0.5, 0.6) is 0 Å². The van der Waals surface area contributed by atoms with Crippen LogP contribution < -0.4 is 0 Å². The van der Waals surface area contributed by atoms with Crippen molar-refractivity contribution in [3.05, 3.63) is 0 Å². The molecular formula is C11H20N2O3. The highest BCUT2D eigenvalue weighted by atomic mass is 16.5. The predicted molar refractivity (Wildman–Crippen MR) is 61.5 cm³/mol. The molecule has 1 N–H and O–H groups in total. The lowest BCUT2D eigenvalue weighted by Gasteiger charge is -2.20. The second-order valence-electron chi connectivity index (χ2n) is 4.03. The summed E-state index contributed by atoms with van der Waals surface area (Å²) in [4.78, 5) is 10.8. The van der Waals surface area contributed by atoms with Crippen molar-refractivity contribution in [3.63, 3.8) is 0 Å². The fourth-order valence-electron chi connectivity index (χ4n) is 1.84. The Morgan fingerprint density at radius 1 is 1.75 bits per heavy atom. The summed E-state index contributed by atoms with van der Waals surface area (Å²) in [6, 6.07) is 0.299. The number of hydrogen-bond donors (Lipinski definition) is 1. The highest BCUT2D eigenvalue weighted by Gasteiger charge is 2.23. The van der Waals surface area contributed by atoms with Gasteiger partial charge >= 0.3 is 5.97 Å². The van der Waals surface area contributed by atoms with E-state index >= 15 is 0 Å². The van der Waals surface area contributed by atoms with E-state index in [9.17, 15) is 4.79 Å². The van der Waals surface area contributed by atoms with Crippen molar-refractivity contribution in [2.45, 2.75) is 32.2 Å². The number of hydrazone groups is 1. The van der Waals surface area contributed by atoms with E-state index in [2.05, 4.69) is 5.10 Å². The summed E-state index contributed by atoms with van der Waals surface area (Å²) < 4.78 is 5.10. The molecule has 92 valence electrons. The Morgan fingerprint density at radius 3 is 3.06 bits per heavy atom. The normalized spacial score (nSPS) is 22.9. The van der Waals surface area contributed by atoms with Crippen molar-refractivity contribution < 1.29 is 14.6 Å². The smallest absolute Gasteiger partial charge is 0.312 e. The molecule has 0 aromatic carbocycles. The fourth-order valence-corrected chi connectivity index (χ4v) is 1.84. The second kappa shape index (κ2) is 6.48. The first-order valence-electron chi connectivity index (χ1n) is 5.71. The zero-order valence-electron chi connectivity index (χ0n) is 9.93. The summed E-state index contributed by atoms with van der Waals surface area (Å²) in [5.74, 6) is -1.29. The molecule has 0 radical (unpaired) electrons. The van der Waals surface area contributed by atoms with Gasteiger partial charge in [-0.25, -0.2) is 0 Å². The molecule has 1 fully saturated rings. The average Bonchev–Trinajstić information content (AvgIpc) is 2.67. The monoisotopic (exact) mass is 228 g/mol. The van der Waals surface area contributed by atoms with Gasteiger partial charge in [0.2, 0.25) is 0 Å². The lowest BCUT2D eigenvalue weighted by atomic mass is 10.1. The third-order valence-electron chi connectivity index (χ3n) is 2.86. The number of nitrogens with zero attached hydrogens (tertiary/aromatic N) is 2. The highest BCUT2D eigenvalue weighted by molar-refractivity contribution is 5.88. The Balaban J connectivity index is 2.51. The highest BCUT2D eigenvalue weighted by Crippen LogP contribution is 2.17. The quantitative estimate of drug-likeness (QED) is 0.694. The van der Waals surface area contributed by atoms with Crippen LogP contribution in [0.4, 0.5) is 0 Å². The second-order valence-corrected chi connectivity index (χ2v) is 4.03. The topological polar surface area (TPSA) is 62.1 Å². The molecule has 1 unspecified atom stereocenters. The molecule has 1 heterocycles. The molecular weight excluding hydrogens is 208 g/mol. The van der Waals surface area contributed by atoms with Crippen molar-refractivity contribution >= 4 is 12.2 Å². The molecule has 0 aromatic heterocycles. The van der Waals surface area contributed by atoms with E-state index in [0.717, 1.165) is 19.4 Å². The molecule has 1 aliphatic heterocycles. The van der Waals surface area contributed by atoms with Gasteiger partial charge in [-0.3, -0.25) is 9.80 Å². The Bertz CT molecular complexity index is 256. The Labute approximate surface area is 96.1 Å². The predicted octanol–water partition coefficient (Wildman–Crippen LogP) is 1.19. The summed E-state index contributed by atoms with van der Waals surface area (Å²) >= 11 is 0. The van der Waals surface area contributed by atoms with Gasteiger partial charge in [0.05, 0.1) is 18.6 Å². The molecule has 1 rings (SSSR count). The Morgan fingerprint density at radius 2 is 2.50 bits per heavy atom. The molecule has 2 atom stereocenters. The van der Waals surface area contributed by atoms with E-state index in [4.69, 9.17) is 9.84 Å². The molecule has 1 saturated heterocycles. The maximum absolute atomic E-state index is 10.8. The van der Waals surface area contributed by atoms with Crippen LogP contribution in [0.25, 0.3) is 0 Å². The van der Waals surface area contributed by atoms with E-state index in [1.54, 1.807) is 7.11 Å². The first-order valence-corrected chi connectivity index (χ1v) is 5.71. The number of rotatable bonds is 6. The average molecular weight is 228 g/mol. The number of aliphatic carboxylic acids is 1. The van der Waals surface area contributed by atoms with Crippen LogP contribution in [0.3, 0.4) is 0 Å². The molecule has 1 aliphatic rings. The van der Waals surface area contributed by atoms with Crippen molar-refractivity contribution in [2.75, 3.05) is 20.3 Å². The van der Waals surface area contributed by atoms with Gasteiger partial charge in [0.25, 0.3) is 0 Å². The number of carboxylic acid groups (broad SMARTS) is 1. The maximum Gasteiger partial charge on any atom is 0.312 e. The number of hydrogen-bond acceptors (Lipinski definition) is 4. The van der Waals surface area contributed by atoms with E-state index < -0.39 is 11.9 Å². The van der Waals surface area contributed by atoms with Crippen molar-refractivity contribution in [2.24, 2.45) is 11.0 Å². The van der Waals surface area contributed by atoms with Crippen LogP contribution >= 0.6 is 0 Å². The van der Waals surface area contributed by atoms with Crippen molar-refractivity contribution in [3.8, 4) is 0 Å². The zero-order chi connectivity index (χ0) is 12.0. The van der Waals surface area contributed by atoms with Gasteiger partial charge in [0.15, 0.2) is 0 Å². The van der Waals surface area contributed by atoms with E-state index in [1.165, 1.54) is 6.21 Å². The SMILES string of the molecule is CCC(/C=N/N1CCC[C@H]1COC)C(=O)O. The largest absolute Gasteiger partial charge is 0.481 e. The summed E-state index contributed by atoms with van der Waals surface area (Å²) in [7, 11) is 1.67. The zero-order valence-corrected chi connectivity index (χ0v) is 9.93. The number of carbonyl (C=O) groups is 1. The van der Waals surface area contributed by atoms with Gasteiger partial charge in [-0.05, 0) is 19.3 Å². The van der Waals surface area contributed by atoms with Crippen LogP contribution in [0.15, 0.2) is 5.10 Å². The Hall–Kier alpha value is -1.10. The molecule has 0 saturated carbocycles. The molecule has 0 amide bonds. The maximum atomic E-state index is 10.8. The summed E-state index contributed by atoms with van der Waals surface area (Å²) in [5.41, 5.74) is 0. The van der Waals surface area contributed by atoms with Gasteiger partial charge in [0, 0.05) is 19.9 Å².